The Morgan fingerprint density at radius 1 is 1.25 bits per heavy atom. The number of anilines is 2. The summed E-state index contributed by atoms with van der Waals surface area (Å²) < 4.78 is 0. The molecule has 20 heavy (non-hydrogen) atoms. The Labute approximate surface area is 122 Å². The molecule has 1 aromatic heterocycles. The van der Waals surface area contributed by atoms with Crippen LogP contribution in [0.15, 0.2) is 34.3 Å². The van der Waals surface area contributed by atoms with Crippen LogP contribution in [0.1, 0.15) is 21.5 Å². The number of aromatic nitrogens is 1. The first kappa shape index (κ1) is 13.0. The van der Waals surface area contributed by atoms with Gasteiger partial charge in [-0.05, 0) is 37.1 Å². The Hall–Kier alpha value is -2.01. The topological polar surface area (TPSA) is 59.2 Å². The fraction of sp³-hybridized carbons (Fsp3) is 0.200. The van der Waals surface area contributed by atoms with Crippen LogP contribution >= 0.6 is 11.8 Å². The Morgan fingerprint density at radius 3 is 2.75 bits per heavy atom. The normalized spacial score (nSPS) is 13.8. The highest BCUT2D eigenvalue weighted by Gasteiger charge is 2.27. The molecule has 4 nitrogen and oxygen atoms in total. The second-order valence-corrected chi connectivity index (χ2v) is 6.05. The summed E-state index contributed by atoms with van der Waals surface area (Å²) in [6.45, 7) is 4.08. The van der Waals surface area contributed by atoms with E-state index >= 15 is 0 Å². The van der Waals surface area contributed by atoms with E-state index in [2.05, 4.69) is 24.0 Å². The quantitative estimate of drug-likeness (QED) is 0.808. The maximum atomic E-state index is 12.6. The summed E-state index contributed by atoms with van der Waals surface area (Å²) in [5.74, 6) is -0.0713. The molecule has 1 aliphatic rings. The number of rotatable bonds is 0. The van der Waals surface area contributed by atoms with Crippen LogP contribution in [-0.4, -0.2) is 17.9 Å². The van der Waals surface area contributed by atoms with Gasteiger partial charge in [-0.1, -0.05) is 17.8 Å². The third kappa shape index (κ3) is 1.94. The molecule has 5 heteroatoms. The van der Waals surface area contributed by atoms with Crippen molar-refractivity contribution in [3.05, 3.63) is 41.1 Å². The predicted octanol–water partition coefficient (Wildman–Crippen LogP) is 3.02. The van der Waals surface area contributed by atoms with Crippen LogP contribution in [0.25, 0.3) is 0 Å². The molecule has 1 aromatic carbocycles. The van der Waals surface area contributed by atoms with Gasteiger partial charge in [0.2, 0.25) is 0 Å². The SMILES string of the molecule is Cc1cc(C)c2c(c1)Sc1ncc(N)cc1C(=O)N2C. The zero-order chi connectivity index (χ0) is 14.4. The van der Waals surface area contributed by atoms with Gasteiger partial charge in [-0.25, -0.2) is 4.98 Å². The lowest BCUT2D eigenvalue weighted by Gasteiger charge is -2.20. The minimum Gasteiger partial charge on any atom is -0.397 e. The van der Waals surface area contributed by atoms with E-state index in [1.807, 2.05) is 6.92 Å². The summed E-state index contributed by atoms with van der Waals surface area (Å²) in [7, 11) is 1.79. The predicted molar refractivity (Wildman–Crippen MR) is 81.4 cm³/mol. The van der Waals surface area contributed by atoms with E-state index in [4.69, 9.17) is 5.73 Å². The minimum atomic E-state index is -0.0713. The van der Waals surface area contributed by atoms with Gasteiger partial charge in [0, 0.05) is 11.9 Å². The van der Waals surface area contributed by atoms with Gasteiger partial charge in [0.05, 0.1) is 23.1 Å². The van der Waals surface area contributed by atoms with Crippen molar-refractivity contribution in [1.29, 1.82) is 0 Å². The number of pyridine rings is 1. The summed E-state index contributed by atoms with van der Waals surface area (Å²) in [4.78, 5) is 19.7. The highest BCUT2D eigenvalue weighted by atomic mass is 32.2. The summed E-state index contributed by atoms with van der Waals surface area (Å²) in [5.41, 5.74) is 10.0. The molecule has 2 aromatic rings. The molecule has 0 atom stereocenters. The Bertz CT molecular complexity index is 727. The second kappa shape index (κ2) is 4.52. The van der Waals surface area contributed by atoms with Gasteiger partial charge < -0.3 is 10.6 Å². The molecule has 1 aliphatic heterocycles. The summed E-state index contributed by atoms with van der Waals surface area (Å²) >= 11 is 1.52. The number of aryl methyl sites for hydroxylation is 2. The molecule has 0 saturated carbocycles. The number of amides is 1. The van der Waals surface area contributed by atoms with Crippen molar-refractivity contribution in [2.45, 2.75) is 23.8 Å². The van der Waals surface area contributed by atoms with Crippen molar-refractivity contribution in [1.82, 2.24) is 4.98 Å². The van der Waals surface area contributed by atoms with Gasteiger partial charge in [-0.3, -0.25) is 4.79 Å². The average molecular weight is 285 g/mol. The molecule has 0 aliphatic carbocycles. The lowest BCUT2D eigenvalue weighted by molar-refractivity contribution is 0.0989. The van der Waals surface area contributed by atoms with Gasteiger partial charge in [-0.2, -0.15) is 0 Å². The smallest absolute Gasteiger partial charge is 0.260 e. The molecular formula is C15H15N3OS. The number of hydrogen-bond acceptors (Lipinski definition) is 4. The van der Waals surface area contributed by atoms with Gasteiger partial charge in [0.1, 0.15) is 5.03 Å². The van der Waals surface area contributed by atoms with E-state index in [0.29, 0.717) is 16.3 Å². The summed E-state index contributed by atoms with van der Waals surface area (Å²) in [6.07, 6.45) is 1.59. The standard InChI is InChI=1S/C15H15N3OS/c1-8-4-9(2)13-12(5-8)20-14-11(15(19)18(13)3)6-10(16)7-17-14/h4-7H,16H2,1-3H3. The van der Waals surface area contributed by atoms with Crippen molar-refractivity contribution in [3.63, 3.8) is 0 Å². The number of benzene rings is 1. The average Bonchev–Trinajstić information content (AvgIpc) is 2.47. The van der Waals surface area contributed by atoms with Crippen molar-refractivity contribution < 1.29 is 4.79 Å². The van der Waals surface area contributed by atoms with E-state index in [-0.39, 0.29) is 5.91 Å². The Kier molecular flexibility index (Phi) is 2.94. The summed E-state index contributed by atoms with van der Waals surface area (Å²) in [6, 6.07) is 5.87. The molecule has 1 amide bonds. The van der Waals surface area contributed by atoms with Crippen LogP contribution in [0.5, 0.6) is 0 Å². The van der Waals surface area contributed by atoms with E-state index in [9.17, 15) is 4.79 Å². The molecule has 3 rings (SSSR count). The van der Waals surface area contributed by atoms with Crippen LogP contribution in [0, 0.1) is 13.8 Å². The first-order chi connectivity index (χ1) is 9.47. The number of carbonyl (C=O) groups excluding carboxylic acids is 1. The third-order valence-corrected chi connectivity index (χ3v) is 4.41. The van der Waals surface area contributed by atoms with Crippen molar-refractivity contribution in [3.8, 4) is 0 Å². The lowest BCUT2D eigenvalue weighted by Crippen LogP contribution is -2.27. The van der Waals surface area contributed by atoms with E-state index in [0.717, 1.165) is 16.1 Å². The lowest BCUT2D eigenvalue weighted by atomic mass is 10.1. The molecule has 0 saturated heterocycles. The summed E-state index contributed by atoms with van der Waals surface area (Å²) in [5, 5.41) is 0.708. The number of nitrogen functional groups attached to an aromatic ring is 1. The fourth-order valence-corrected chi connectivity index (χ4v) is 3.73. The molecule has 2 N–H and O–H groups in total. The van der Waals surface area contributed by atoms with Gasteiger partial charge in [0.25, 0.3) is 5.91 Å². The molecular weight excluding hydrogens is 270 g/mol. The van der Waals surface area contributed by atoms with Crippen molar-refractivity contribution in [2.24, 2.45) is 0 Å². The van der Waals surface area contributed by atoms with Gasteiger partial charge in [-0.15, -0.1) is 0 Å². The van der Waals surface area contributed by atoms with Crippen LogP contribution < -0.4 is 10.6 Å². The third-order valence-electron chi connectivity index (χ3n) is 3.36. The minimum absolute atomic E-state index is 0.0713. The van der Waals surface area contributed by atoms with E-state index in [1.165, 1.54) is 17.3 Å². The van der Waals surface area contributed by atoms with Crippen LogP contribution in [-0.2, 0) is 0 Å². The molecule has 0 unspecified atom stereocenters. The molecule has 0 bridgehead atoms. The Balaban J connectivity index is 2.27. The van der Waals surface area contributed by atoms with Crippen LogP contribution in [0.3, 0.4) is 0 Å². The van der Waals surface area contributed by atoms with E-state index < -0.39 is 0 Å². The largest absolute Gasteiger partial charge is 0.397 e. The van der Waals surface area contributed by atoms with Gasteiger partial charge in [0.15, 0.2) is 0 Å². The van der Waals surface area contributed by atoms with E-state index in [1.54, 1.807) is 24.2 Å². The van der Waals surface area contributed by atoms with Crippen molar-refractivity contribution in [2.75, 3.05) is 17.7 Å². The van der Waals surface area contributed by atoms with Crippen LogP contribution in [0.2, 0.25) is 0 Å². The number of nitrogens with zero attached hydrogens (tertiary/aromatic N) is 2. The molecule has 102 valence electrons. The highest BCUT2D eigenvalue weighted by Crippen LogP contribution is 2.42. The zero-order valence-corrected chi connectivity index (χ0v) is 12.4. The number of carbonyl (C=O) groups is 1. The second-order valence-electron chi connectivity index (χ2n) is 5.02. The number of hydrogen-bond donors (Lipinski definition) is 1. The first-order valence-corrected chi connectivity index (χ1v) is 7.11. The highest BCUT2D eigenvalue weighted by molar-refractivity contribution is 7.99. The fourth-order valence-electron chi connectivity index (χ4n) is 2.52. The number of nitrogens with two attached hydrogens (primary N) is 1. The van der Waals surface area contributed by atoms with Crippen LogP contribution in [0.4, 0.5) is 11.4 Å². The molecule has 0 fully saturated rings. The Morgan fingerprint density at radius 2 is 2.00 bits per heavy atom. The maximum Gasteiger partial charge on any atom is 0.260 e. The zero-order valence-electron chi connectivity index (χ0n) is 11.6. The monoisotopic (exact) mass is 285 g/mol. The molecule has 2 heterocycles. The van der Waals surface area contributed by atoms with Gasteiger partial charge >= 0.3 is 0 Å². The maximum absolute atomic E-state index is 12.6. The first-order valence-electron chi connectivity index (χ1n) is 6.30. The van der Waals surface area contributed by atoms with Crippen molar-refractivity contribution >= 4 is 29.0 Å². The molecule has 0 spiro atoms. The number of fused-ring (bicyclic) bond motifs is 2. The molecule has 0 radical (unpaired) electrons.